The molecule has 0 saturated carbocycles. The molecular formula is C12H15FO5S. The number of carbonyl (C=O) groups is 1. The van der Waals surface area contributed by atoms with Crippen LogP contribution < -0.4 is 4.74 Å². The number of halogens is 1. The Balaban J connectivity index is 2.53. The average Bonchev–Trinajstić information content (AvgIpc) is 2.36. The van der Waals surface area contributed by atoms with E-state index >= 15 is 0 Å². The summed E-state index contributed by atoms with van der Waals surface area (Å²) in [6.07, 6.45) is 0.260. The van der Waals surface area contributed by atoms with Gasteiger partial charge < -0.3 is 9.84 Å². The lowest BCUT2D eigenvalue weighted by Crippen LogP contribution is -2.12. The van der Waals surface area contributed by atoms with Gasteiger partial charge in [-0.2, -0.15) is 0 Å². The monoisotopic (exact) mass is 290 g/mol. The van der Waals surface area contributed by atoms with Crippen molar-refractivity contribution in [2.24, 2.45) is 0 Å². The Labute approximate surface area is 110 Å². The number of carboxylic acid groups (broad SMARTS) is 1. The zero-order valence-electron chi connectivity index (χ0n) is 10.4. The van der Waals surface area contributed by atoms with Gasteiger partial charge in [0.15, 0.2) is 11.6 Å². The second kappa shape index (κ2) is 6.51. The van der Waals surface area contributed by atoms with E-state index in [-0.39, 0.29) is 35.8 Å². The first kappa shape index (κ1) is 15.4. The summed E-state index contributed by atoms with van der Waals surface area (Å²) < 4.78 is 40.9. The highest BCUT2D eigenvalue weighted by atomic mass is 32.2. The average molecular weight is 290 g/mol. The van der Waals surface area contributed by atoms with Crippen molar-refractivity contribution in [1.82, 2.24) is 0 Å². The number of aromatic carboxylic acids is 1. The molecular weight excluding hydrogens is 275 g/mol. The van der Waals surface area contributed by atoms with Crippen LogP contribution in [0.2, 0.25) is 0 Å². The van der Waals surface area contributed by atoms with Crippen molar-refractivity contribution in [1.29, 1.82) is 0 Å². The van der Waals surface area contributed by atoms with Gasteiger partial charge in [0, 0.05) is 5.75 Å². The second-order valence-corrected chi connectivity index (χ2v) is 6.36. The molecule has 0 bridgehead atoms. The molecule has 7 heteroatoms. The van der Waals surface area contributed by atoms with E-state index in [0.29, 0.717) is 0 Å². The fraction of sp³-hybridized carbons (Fsp3) is 0.417. The second-order valence-electron chi connectivity index (χ2n) is 3.89. The van der Waals surface area contributed by atoms with Gasteiger partial charge in [-0.25, -0.2) is 17.6 Å². The van der Waals surface area contributed by atoms with E-state index in [1.807, 2.05) is 0 Å². The largest absolute Gasteiger partial charge is 0.490 e. The highest BCUT2D eigenvalue weighted by Gasteiger charge is 2.10. The molecule has 0 fully saturated rings. The minimum atomic E-state index is -3.05. The van der Waals surface area contributed by atoms with Crippen molar-refractivity contribution >= 4 is 15.8 Å². The van der Waals surface area contributed by atoms with E-state index in [9.17, 15) is 17.6 Å². The zero-order valence-corrected chi connectivity index (χ0v) is 11.2. The molecule has 0 radical (unpaired) electrons. The van der Waals surface area contributed by atoms with Crippen LogP contribution in [0.5, 0.6) is 5.75 Å². The van der Waals surface area contributed by atoms with Gasteiger partial charge in [0.2, 0.25) is 0 Å². The van der Waals surface area contributed by atoms with Crippen molar-refractivity contribution < 1.29 is 27.4 Å². The summed E-state index contributed by atoms with van der Waals surface area (Å²) in [5.74, 6) is -2.04. The zero-order chi connectivity index (χ0) is 14.5. The van der Waals surface area contributed by atoms with Gasteiger partial charge in [0.1, 0.15) is 9.84 Å². The first-order valence-corrected chi connectivity index (χ1v) is 7.54. The predicted molar refractivity (Wildman–Crippen MR) is 67.8 cm³/mol. The Morgan fingerprint density at radius 1 is 1.42 bits per heavy atom. The lowest BCUT2D eigenvalue weighted by molar-refractivity contribution is 0.0696. The van der Waals surface area contributed by atoms with E-state index < -0.39 is 21.6 Å². The fourth-order valence-electron chi connectivity index (χ4n) is 1.36. The maximum Gasteiger partial charge on any atom is 0.335 e. The Morgan fingerprint density at radius 2 is 2.11 bits per heavy atom. The maximum absolute atomic E-state index is 13.4. The molecule has 19 heavy (non-hydrogen) atoms. The van der Waals surface area contributed by atoms with Crippen LogP contribution in [0.25, 0.3) is 0 Å². The van der Waals surface area contributed by atoms with E-state index in [1.54, 1.807) is 6.92 Å². The first-order valence-electron chi connectivity index (χ1n) is 5.72. The molecule has 0 amide bonds. The number of sulfone groups is 1. The van der Waals surface area contributed by atoms with Crippen molar-refractivity contribution in [3.8, 4) is 5.75 Å². The lowest BCUT2D eigenvalue weighted by atomic mass is 10.2. The third-order valence-electron chi connectivity index (χ3n) is 2.48. The topological polar surface area (TPSA) is 80.7 Å². The smallest absolute Gasteiger partial charge is 0.335 e. The van der Waals surface area contributed by atoms with Crippen molar-refractivity contribution in [3.05, 3.63) is 29.6 Å². The van der Waals surface area contributed by atoms with E-state index in [4.69, 9.17) is 9.84 Å². The van der Waals surface area contributed by atoms with Crippen molar-refractivity contribution in [2.75, 3.05) is 18.1 Å². The van der Waals surface area contributed by atoms with E-state index in [0.717, 1.165) is 6.07 Å². The maximum atomic E-state index is 13.4. The van der Waals surface area contributed by atoms with Gasteiger partial charge in [-0.15, -0.1) is 0 Å². The van der Waals surface area contributed by atoms with E-state index in [2.05, 4.69) is 0 Å². The number of hydrogen-bond donors (Lipinski definition) is 1. The molecule has 5 nitrogen and oxygen atoms in total. The van der Waals surface area contributed by atoms with Gasteiger partial charge in [0.25, 0.3) is 0 Å². The summed E-state index contributed by atoms with van der Waals surface area (Å²) in [4.78, 5) is 10.6. The first-order chi connectivity index (χ1) is 8.85. The molecule has 0 aliphatic rings. The molecule has 0 atom stereocenters. The quantitative estimate of drug-likeness (QED) is 0.773. The van der Waals surface area contributed by atoms with Crippen molar-refractivity contribution in [3.63, 3.8) is 0 Å². The molecule has 1 aromatic rings. The van der Waals surface area contributed by atoms with Crippen LogP contribution in [0.15, 0.2) is 18.2 Å². The summed E-state index contributed by atoms with van der Waals surface area (Å²) in [6, 6.07) is 3.30. The van der Waals surface area contributed by atoms with Crippen LogP contribution in [0.1, 0.15) is 23.7 Å². The number of ether oxygens (including phenoxy) is 1. The Hall–Kier alpha value is -1.63. The van der Waals surface area contributed by atoms with Crippen LogP contribution in [0, 0.1) is 5.82 Å². The normalized spacial score (nSPS) is 11.3. The van der Waals surface area contributed by atoms with Crippen LogP contribution in [-0.2, 0) is 9.84 Å². The molecule has 0 aliphatic heterocycles. The molecule has 0 aromatic heterocycles. The standard InChI is InChI=1S/C12H15FO5S/c1-2-19(16,17)7-3-6-18-11-5-4-9(12(14)15)8-10(11)13/h4-5,8H,2-3,6-7H2,1H3,(H,14,15). The van der Waals surface area contributed by atoms with Gasteiger partial charge in [-0.1, -0.05) is 6.92 Å². The third kappa shape index (κ3) is 4.86. The Morgan fingerprint density at radius 3 is 2.63 bits per heavy atom. The summed E-state index contributed by atoms with van der Waals surface area (Å²) in [5, 5.41) is 8.66. The summed E-state index contributed by atoms with van der Waals surface area (Å²) in [6.45, 7) is 1.61. The van der Waals surface area contributed by atoms with Gasteiger partial charge in [-0.3, -0.25) is 0 Å². The Kier molecular flexibility index (Phi) is 5.29. The number of rotatable bonds is 7. The molecule has 0 spiro atoms. The molecule has 106 valence electrons. The highest BCUT2D eigenvalue weighted by Crippen LogP contribution is 2.18. The Bertz CT molecular complexity index is 553. The molecule has 0 aliphatic carbocycles. The van der Waals surface area contributed by atoms with Crippen molar-refractivity contribution in [2.45, 2.75) is 13.3 Å². The minimum absolute atomic E-state index is 0.0155. The molecule has 0 unspecified atom stereocenters. The molecule has 1 rings (SSSR count). The summed E-state index contributed by atoms with van der Waals surface area (Å²) in [7, 11) is -3.05. The van der Waals surface area contributed by atoms with Crippen LogP contribution in [0.4, 0.5) is 4.39 Å². The third-order valence-corrected chi connectivity index (χ3v) is 4.27. The van der Waals surface area contributed by atoms with Gasteiger partial charge in [0.05, 0.1) is 17.9 Å². The molecule has 1 aromatic carbocycles. The number of hydrogen-bond acceptors (Lipinski definition) is 4. The predicted octanol–water partition coefficient (Wildman–Crippen LogP) is 1.73. The van der Waals surface area contributed by atoms with Crippen LogP contribution >= 0.6 is 0 Å². The number of benzene rings is 1. The van der Waals surface area contributed by atoms with Gasteiger partial charge in [-0.05, 0) is 24.6 Å². The van der Waals surface area contributed by atoms with Crippen LogP contribution in [-0.4, -0.2) is 37.6 Å². The van der Waals surface area contributed by atoms with E-state index in [1.165, 1.54) is 12.1 Å². The SMILES string of the molecule is CCS(=O)(=O)CCCOc1ccc(C(=O)O)cc1F. The molecule has 1 N–H and O–H groups in total. The number of carboxylic acids is 1. The molecule has 0 heterocycles. The lowest BCUT2D eigenvalue weighted by Gasteiger charge is -2.07. The summed E-state index contributed by atoms with van der Waals surface area (Å²) in [5.41, 5.74) is -0.168. The van der Waals surface area contributed by atoms with Crippen LogP contribution in [0.3, 0.4) is 0 Å². The van der Waals surface area contributed by atoms with Gasteiger partial charge >= 0.3 is 5.97 Å². The minimum Gasteiger partial charge on any atom is -0.490 e. The molecule has 0 saturated heterocycles. The fourth-order valence-corrected chi connectivity index (χ4v) is 2.20. The summed E-state index contributed by atoms with van der Waals surface area (Å²) >= 11 is 0. The highest BCUT2D eigenvalue weighted by molar-refractivity contribution is 7.91.